The van der Waals surface area contributed by atoms with Gasteiger partial charge in [0.05, 0.1) is 17.7 Å². The number of benzene rings is 5. The van der Waals surface area contributed by atoms with Gasteiger partial charge in [0.25, 0.3) is 0 Å². The molecule has 0 spiro atoms. The number of halogens is 10. The molecule has 2 aliphatic heterocycles. The van der Waals surface area contributed by atoms with E-state index >= 15 is 0 Å². The first kappa shape index (κ1) is 79.4. The first-order valence-corrected chi connectivity index (χ1v) is 34.2. The second-order valence-corrected chi connectivity index (χ2v) is 30.0. The predicted molar refractivity (Wildman–Crippen MR) is 386 cm³/mol. The summed E-state index contributed by atoms with van der Waals surface area (Å²) < 4.78 is 15.0. The molecule has 7 rings (SSSR count). The van der Waals surface area contributed by atoms with E-state index in [1.165, 1.54) is 35.5 Å². The smallest absolute Gasteiger partial charge is 0.410 e. The van der Waals surface area contributed by atoms with Crippen LogP contribution >= 0.6 is 164 Å². The number of aryl methyl sites for hydroxylation is 5. The highest BCUT2D eigenvalue weighted by Crippen LogP contribution is 2.29. The summed E-state index contributed by atoms with van der Waals surface area (Å²) in [6, 6.07) is 20.9. The number of carbonyl (C=O) groups is 4. The summed E-state index contributed by atoms with van der Waals surface area (Å²) in [5, 5.41) is 34.1. The molecule has 470 valence electrons. The number of hydrogen-bond acceptors (Lipinski definition) is 9. The van der Waals surface area contributed by atoms with Gasteiger partial charge in [0.15, 0.2) is 0 Å². The van der Waals surface area contributed by atoms with Gasteiger partial charge in [-0.3, -0.25) is 4.90 Å². The van der Waals surface area contributed by atoms with Crippen molar-refractivity contribution in [2.24, 2.45) is 0 Å². The molecule has 0 radical (unpaired) electrons. The molecular formula is C62H78BrCl5I4N4O9. The van der Waals surface area contributed by atoms with Crippen LogP contribution in [0.15, 0.2) is 66.7 Å². The summed E-state index contributed by atoms with van der Waals surface area (Å²) in [6.07, 6.45) is -0.425. The van der Waals surface area contributed by atoms with E-state index in [0.717, 1.165) is 54.7 Å². The van der Waals surface area contributed by atoms with Gasteiger partial charge in [-0.05, 0) is 305 Å². The Morgan fingerprint density at radius 1 is 0.541 bits per heavy atom. The number of piperazine rings is 2. The van der Waals surface area contributed by atoms with E-state index in [0.29, 0.717) is 61.0 Å². The minimum absolute atomic E-state index is 0.0846. The van der Waals surface area contributed by atoms with Crippen molar-refractivity contribution in [2.75, 3.05) is 26.2 Å². The Labute approximate surface area is 591 Å². The Balaban J connectivity index is 0.000000361. The zero-order chi connectivity index (χ0) is 65.2. The third kappa shape index (κ3) is 28.2. The van der Waals surface area contributed by atoms with E-state index in [1.807, 2.05) is 112 Å². The van der Waals surface area contributed by atoms with Crippen molar-refractivity contribution in [3.05, 3.63) is 162 Å². The van der Waals surface area contributed by atoms with Gasteiger partial charge in [-0.1, -0.05) is 73.9 Å². The fraction of sp³-hybridized carbons (Fsp3) is 0.452. The molecule has 5 aromatic carbocycles. The molecule has 85 heavy (non-hydrogen) atoms. The van der Waals surface area contributed by atoms with E-state index < -0.39 is 23.1 Å². The SMILES string of the molecule is C[C@H]1CN(C(=O)OC(C)(C)C)C[C@H](C)N1.Cc1cc(Cl)cc(I)c1C(=O)O.Cc1cc(Cl)cc(I)c1CBr.Cc1cc(Cl)cc(I)c1CN1[C@@H](C)CN(C(=O)OC(C)(C)C)C[C@@H]1C.Cc1cc(Cl)cc(I)c1CO.Cc1cc(Cl)ccc1C(=O)O. The highest BCUT2D eigenvalue weighted by molar-refractivity contribution is 14.1. The Kier molecular flexibility index (Phi) is 34.5. The number of amides is 2. The van der Waals surface area contributed by atoms with Gasteiger partial charge in [-0.25, -0.2) is 19.2 Å². The van der Waals surface area contributed by atoms with Crippen LogP contribution in [0.5, 0.6) is 0 Å². The quantitative estimate of drug-likeness (QED) is 0.0943. The van der Waals surface area contributed by atoms with Gasteiger partial charge in [-0.15, -0.1) is 0 Å². The molecule has 2 saturated heterocycles. The predicted octanol–water partition coefficient (Wildman–Crippen LogP) is 18.9. The Bertz CT molecular complexity index is 2920. The van der Waals surface area contributed by atoms with E-state index in [2.05, 4.69) is 135 Å². The fourth-order valence-corrected chi connectivity index (χ4v) is 15.9. The lowest BCUT2D eigenvalue weighted by Gasteiger charge is -2.44. The summed E-state index contributed by atoms with van der Waals surface area (Å²) >= 11 is 41.4. The van der Waals surface area contributed by atoms with Crippen molar-refractivity contribution in [2.45, 2.75) is 158 Å². The van der Waals surface area contributed by atoms with Crippen LogP contribution in [0.3, 0.4) is 0 Å². The standard InChI is InChI=1S/C19H28ClIN2O2.C11H22N2O2.C8H7BrClI.C8H6ClIO2.C8H8ClIO.C8H7ClO2/c1-12-7-15(20)8-17(21)16(12)11-23-13(2)9-22(10-14(23)3)18(24)25-19(4,5)6;1-8-6-13(7-9(2)12-8)10(14)15-11(3,4)5;1-5-2-6(10)3-8(11)7(5)4-9;1-4-2-5(9)3-6(10)7(4)8(11)12;1-5-2-6(9)3-8(10)7(5)4-11;1-5-4-6(9)2-3-7(5)8(10)11/h7-8,13-14H,9-11H2,1-6H3;8-9,12H,6-7H2,1-5H3;2-3H,4H2,1H3;2-3H,1H3,(H,11,12);2-3,11H,4H2,1H3;2-4H,1H3,(H,10,11)/t13-,14-;8-,9-;;;;/m00..../s1. The van der Waals surface area contributed by atoms with Crippen LogP contribution < -0.4 is 5.32 Å². The molecule has 4 N–H and O–H groups in total. The number of carboxylic acid groups (broad SMARTS) is 2. The van der Waals surface area contributed by atoms with Crippen molar-refractivity contribution >= 4 is 188 Å². The van der Waals surface area contributed by atoms with Crippen LogP contribution in [0.25, 0.3) is 0 Å². The highest BCUT2D eigenvalue weighted by Gasteiger charge is 2.35. The van der Waals surface area contributed by atoms with Gasteiger partial charge in [-0.2, -0.15) is 0 Å². The Morgan fingerprint density at radius 3 is 1.25 bits per heavy atom. The maximum absolute atomic E-state index is 12.4. The summed E-state index contributed by atoms with van der Waals surface area (Å²) in [6.45, 7) is 33.2. The third-order valence-corrected chi connectivity index (χ3v) is 18.0. The zero-order valence-corrected chi connectivity index (χ0v) is 64.5. The average Bonchev–Trinajstić information content (AvgIpc) is 3.55. The molecule has 23 heteroatoms. The molecule has 0 saturated carbocycles. The molecule has 2 fully saturated rings. The van der Waals surface area contributed by atoms with Gasteiger partial charge >= 0.3 is 24.1 Å². The number of carboxylic acids is 2. The van der Waals surface area contributed by atoms with Crippen molar-refractivity contribution in [3.8, 4) is 0 Å². The summed E-state index contributed by atoms with van der Waals surface area (Å²) in [4.78, 5) is 51.4. The number of ether oxygens (including phenoxy) is 2. The lowest BCUT2D eigenvalue weighted by atomic mass is 10.0. The van der Waals surface area contributed by atoms with Crippen LogP contribution in [-0.2, 0) is 28.0 Å². The van der Waals surface area contributed by atoms with Crippen LogP contribution in [0.4, 0.5) is 9.59 Å². The topological polar surface area (TPSA) is 169 Å². The summed E-state index contributed by atoms with van der Waals surface area (Å²) in [5.41, 5.74) is 8.26. The second-order valence-electron chi connectivity index (χ2n) is 22.6. The number of aromatic carboxylic acids is 2. The van der Waals surface area contributed by atoms with E-state index in [-0.39, 0.29) is 30.9 Å². The Hall–Kier alpha value is -1.69. The van der Waals surface area contributed by atoms with Crippen LogP contribution in [0.1, 0.15) is 134 Å². The highest BCUT2D eigenvalue weighted by atomic mass is 127. The van der Waals surface area contributed by atoms with Crippen molar-refractivity contribution in [3.63, 3.8) is 0 Å². The lowest BCUT2D eigenvalue weighted by Crippen LogP contribution is -2.58. The molecule has 0 unspecified atom stereocenters. The number of aliphatic hydroxyl groups excluding tert-OH is 1. The Morgan fingerprint density at radius 2 is 0.906 bits per heavy atom. The monoisotopic (exact) mass is 1780 g/mol. The maximum Gasteiger partial charge on any atom is 0.410 e. The molecule has 4 atom stereocenters. The molecule has 5 aromatic rings. The first-order valence-electron chi connectivity index (χ1n) is 26.8. The number of nitrogens with zero attached hydrogens (tertiary/aromatic N) is 3. The molecule has 2 heterocycles. The van der Waals surface area contributed by atoms with Gasteiger partial charge in [0.1, 0.15) is 11.2 Å². The average molecular weight is 1790 g/mol. The van der Waals surface area contributed by atoms with Crippen molar-refractivity contribution < 1.29 is 44.0 Å². The normalized spacial score (nSPS) is 16.7. The fourth-order valence-electron chi connectivity index (χ4n) is 8.73. The van der Waals surface area contributed by atoms with Crippen LogP contribution in [-0.4, -0.2) is 116 Å². The largest absolute Gasteiger partial charge is 0.478 e. The number of rotatable bonds is 6. The first-order chi connectivity index (χ1) is 39.2. The zero-order valence-electron chi connectivity index (χ0n) is 50.5. The molecule has 13 nitrogen and oxygen atoms in total. The van der Waals surface area contributed by atoms with E-state index in [9.17, 15) is 19.2 Å². The third-order valence-electron chi connectivity index (χ3n) is 12.6. The molecule has 2 aliphatic rings. The maximum atomic E-state index is 12.4. The number of aliphatic hydroxyl groups is 1. The van der Waals surface area contributed by atoms with Gasteiger partial charge < -0.3 is 39.9 Å². The molecule has 0 aromatic heterocycles. The minimum Gasteiger partial charge on any atom is -0.478 e. The van der Waals surface area contributed by atoms with E-state index in [1.54, 1.807) is 43.0 Å². The lowest BCUT2D eigenvalue weighted by molar-refractivity contribution is -0.00980. The van der Waals surface area contributed by atoms with Gasteiger partial charge in [0.2, 0.25) is 0 Å². The number of nitrogens with one attached hydrogen (secondary N) is 1. The number of carbonyl (C=O) groups excluding carboxylic acids is 2. The minimum atomic E-state index is -0.917. The van der Waals surface area contributed by atoms with Crippen LogP contribution in [0, 0.1) is 48.9 Å². The number of hydrogen-bond donors (Lipinski definition) is 4. The number of alkyl halides is 1. The second kappa shape index (κ2) is 37.0. The van der Waals surface area contributed by atoms with E-state index in [4.69, 9.17) is 82.8 Å². The van der Waals surface area contributed by atoms with Crippen molar-refractivity contribution in [1.82, 2.24) is 20.0 Å². The van der Waals surface area contributed by atoms with Crippen LogP contribution in [0.2, 0.25) is 25.1 Å². The molecule has 0 aliphatic carbocycles. The molecule has 2 amide bonds. The molecular weight excluding hydrogens is 1710 g/mol. The van der Waals surface area contributed by atoms with Gasteiger partial charge in [0, 0.05) is 102 Å². The summed E-state index contributed by atoms with van der Waals surface area (Å²) in [5.74, 6) is -1.83. The summed E-state index contributed by atoms with van der Waals surface area (Å²) in [7, 11) is 0. The molecule has 0 bridgehead atoms. The van der Waals surface area contributed by atoms with Crippen molar-refractivity contribution in [1.29, 1.82) is 0 Å².